The Morgan fingerprint density at radius 2 is 1.79 bits per heavy atom. The van der Waals surface area contributed by atoms with Crippen LogP contribution in [0.15, 0.2) is 24.5 Å². The predicted molar refractivity (Wildman–Crippen MR) is 111 cm³/mol. The van der Waals surface area contributed by atoms with Crippen molar-refractivity contribution in [1.29, 1.82) is 0 Å². The molecule has 3 aromatic heterocycles. The molecule has 9 nitrogen and oxygen atoms in total. The molecular weight excluding hydrogens is 366 g/mol. The average Bonchev–Trinajstić information content (AvgIpc) is 3.02. The molecule has 0 radical (unpaired) electrons. The van der Waals surface area contributed by atoms with Gasteiger partial charge in [0.25, 0.3) is 0 Å². The number of anilines is 2. The quantitative estimate of drug-likeness (QED) is 0.624. The lowest BCUT2D eigenvalue weighted by Gasteiger charge is -2.44. The van der Waals surface area contributed by atoms with Gasteiger partial charge in [0.15, 0.2) is 11.5 Å². The molecular formula is C20H27N9. The van der Waals surface area contributed by atoms with Gasteiger partial charge < -0.3 is 9.80 Å². The van der Waals surface area contributed by atoms with Gasteiger partial charge in [-0.2, -0.15) is 4.52 Å². The van der Waals surface area contributed by atoms with Crippen LogP contribution in [0.1, 0.15) is 36.6 Å². The van der Waals surface area contributed by atoms with Crippen LogP contribution in [0.25, 0.3) is 5.65 Å². The van der Waals surface area contributed by atoms with E-state index >= 15 is 0 Å². The topological polar surface area (TPSA) is 78.6 Å². The lowest BCUT2D eigenvalue weighted by molar-refractivity contribution is 0.196. The summed E-state index contributed by atoms with van der Waals surface area (Å²) < 4.78 is 1.94. The highest BCUT2D eigenvalue weighted by atomic mass is 15.4. The summed E-state index contributed by atoms with van der Waals surface area (Å²) in [5.41, 5.74) is 1.97. The van der Waals surface area contributed by atoms with Crippen molar-refractivity contribution in [3.8, 4) is 0 Å². The van der Waals surface area contributed by atoms with Crippen LogP contribution >= 0.6 is 0 Å². The van der Waals surface area contributed by atoms with Crippen LogP contribution < -0.4 is 9.80 Å². The normalized spacial score (nSPS) is 17.6. The first-order chi connectivity index (χ1) is 14.1. The molecule has 0 bridgehead atoms. The summed E-state index contributed by atoms with van der Waals surface area (Å²) in [5, 5.41) is 13.5. The molecule has 1 aliphatic heterocycles. The van der Waals surface area contributed by atoms with E-state index < -0.39 is 0 Å². The molecule has 1 saturated carbocycles. The van der Waals surface area contributed by atoms with Crippen LogP contribution in [0.3, 0.4) is 0 Å². The second kappa shape index (κ2) is 7.22. The van der Waals surface area contributed by atoms with Crippen LogP contribution in [-0.2, 0) is 6.54 Å². The maximum Gasteiger partial charge on any atom is 0.224 e. The number of hydrogen-bond acceptors (Lipinski definition) is 8. The summed E-state index contributed by atoms with van der Waals surface area (Å²) >= 11 is 0. The zero-order chi connectivity index (χ0) is 20.0. The van der Waals surface area contributed by atoms with Crippen molar-refractivity contribution < 1.29 is 0 Å². The molecule has 0 atom stereocenters. The average molecular weight is 393 g/mol. The van der Waals surface area contributed by atoms with Crippen LogP contribution in [0.2, 0.25) is 0 Å². The summed E-state index contributed by atoms with van der Waals surface area (Å²) in [6.07, 6.45) is 7.50. The molecule has 4 heterocycles. The van der Waals surface area contributed by atoms with E-state index in [4.69, 9.17) is 5.10 Å². The zero-order valence-electron chi connectivity index (χ0n) is 17.2. The van der Waals surface area contributed by atoms with Crippen molar-refractivity contribution >= 4 is 17.4 Å². The van der Waals surface area contributed by atoms with Gasteiger partial charge in [0.05, 0.1) is 0 Å². The molecule has 5 rings (SSSR count). The molecule has 9 heteroatoms. The first kappa shape index (κ1) is 18.2. The van der Waals surface area contributed by atoms with E-state index in [9.17, 15) is 0 Å². The summed E-state index contributed by atoms with van der Waals surface area (Å²) in [7, 11) is 6.06. The maximum atomic E-state index is 4.84. The number of fused-ring (bicyclic) bond motifs is 1. The molecule has 3 aromatic rings. The fourth-order valence-electron chi connectivity index (χ4n) is 3.88. The van der Waals surface area contributed by atoms with Gasteiger partial charge in [0, 0.05) is 63.6 Å². The monoisotopic (exact) mass is 393 g/mol. The highest BCUT2D eigenvalue weighted by Gasteiger charge is 2.32. The molecule has 29 heavy (non-hydrogen) atoms. The van der Waals surface area contributed by atoms with E-state index in [-0.39, 0.29) is 0 Å². The first-order valence-electron chi connectivity index (χ1n) is 10.2. The Kier molecular flexibility index (Phi) is 4.54. The first-order valence-corrected chi connectivity index (χ1v) is 10.2. The summed E-state index contributed by atoms with van der Waals surface area (Å²) in [5.74, 6) is 3.27. The van der Waals surface area contributed by atoms with Crippen molar-refractivity contribution in [1.82, 2.24) is 34.7 Å². The van der Waals surface area contributed by atoms with Crippen molar-refractivity contribution in [2.24, 2.45) is 0 Å². The van der Waals surface area contributed by atoms with Gasteiger partial charge in [-0.1, -0.05) is 6.42 Å². The molecule has 0 aromatic carbocycles. The summed E-state index contributed by atoms with van der Waals surface area (Å²) in [6, 6.07) is 4.57. The van der Waals surface area contributed by atoms with Gasteiger partial charge >= 0.3 is 0 Å². The standard InChI is InChI=1S/C20H27N9/c1-26(2)20-21-9-14(10-22-20)11-27(3)16-12-28(13-16)18-8-7-17-23-24-19(29(17)25-18)15-5-4-6-15/h7-10,15-16H,4-6,11-13H2,1-3H3. The Balaban J connectivity index is 1.22. The van der Waals surface area contributed by atoms with Crippen LogP contribution in [0.4, 0.5) is 11.8 Å². The second-order valence-electron chi connectivity index (χ2n) is 8.41. The summed E-state index contributed by atoms with van der Waals surface area (Å²) in [6.45, 7) is 2.77. The number of nitrogens with zero attached hydrogens (tertiary/aromatic N) is 9. The SMILES string of the molecule is CN(C)c1ncc(CN(C)C2CN(c3ccc4nnc(C5CCC5)n4n3)C2)cn1. The zero-order valence-corrected chi connectivity index (χ0v) is 17.2. The summed E-state index contributed by atoms with van der Waals surface area (Å²) in [4.78, 5) is 15.4. The minimum atomic E-state index is 0.494. The molecule has 1 saturated heterocycles. The van der Waals surface area contributed by atoms with Gasteiger partial charge in [-0.3, -0.25) is 4.90 Å². The third-order valence-corrected chi connectivity index (χ3v) is 6.08. The minimum Gasteiger partial charge on any atom is -0.352 e. The number of likely N-dealkylation sites (N-methyl/N-ethyl adjacent to an activating group) is 1. The molecule has 0 amide bonds. The Morgan fingerprint density at radius 3 is 2.45 bits per heavy atom. The Hall–Kier alpha value is -2.81. The highest BCUT2D eigenvalue weighted by molar-refractivity contribution is 5.48. The molecule has 152 valence electrons. The number of hydrogen-bond donors (Lipinski definition) is 0. The van der Waals surface area contributed by atoms with Gasteiger partial charge in [-0.15, -0.1) is 15.3 Å². The van der Waals surface area contributed by atoms with Gasteiger partial charge in [0.1, 0.15) is 5.82 Å². The van der Waals surface area contributed by atoms with Crippen LogP contribution in [0.5, 0.6) is 0 Å². The van der Waals surface area contributed by atoms with Gasteiger partial charge in [-0.25, -0.2) is 9.97 Å². The van der Waals surface area contributed by atoms with E-state index in [1.165, 1.54) is 19.3 Å². The van der Waals surface area contributed by atoms with Crippen LogP contribution in [-0.4, -0.2) is 75.0 Å². The lowest BCUT2D eigenvalue weighted by Crippen LogP contribution is -2.58. The highest BCUT2D eigenvalue weighted by Crippen LogP contribution is 2.35. The van der Waals surface area contributed by atoms with Gasteiger partial charge in [0.2, 0.25) is 5.95 Å². The Morgan fingerprint density at radius 1 is 1.03 bits per heavy atom. The van der Waals surface area contributed by atoms with Crippen molar-refractivity contribution in [3.05, 3.63) is 35.9 Å². The van der Waals surface area contributed by atoms with E-state index in [1.54, 1.807) is 0 Å². The molecule has 1 aliphatic carbocycles. The second-order valence-corrected chi connectivity index (χ2v) is 8.41. The number of aromatic nitrogens is 6. The predicted octanol–water partition coefficient (Wildman–Crippen LogP) is 1.57. The lowest BCUT2D eigenvalue weighted by atomic mass is 9.85. The van der Waals surface area contributed by atoms with Gasteiger partial charge in [-0.05, 0) is 32.0 Å². The third-order valence-electron chi connectivity index (χ3n) is 6.08. The fourth-order valence-corrected chi connectivity index (χ4v) is 3.88. The minimum absolute atomic E-state index is 0.494. The Labute approximate surface area is 170 Å². The smallest absolute Gasteiger partial charge is 0.224 e. The van der Waals surface area contributed by atoms with E-state index in [0.29, 0.717) is 12.0 Å². The van der Waals surface area contributed by atoms with Crippen molar-refractivity contribution in [2.45, 2.75) is 37.8 Å². The van der Waals surface area contributed by atoms with E-state index in [0.717, 1.165) is 48.4 Å². The molecule has 2 fully saturated rings. The molecule has 0 N–H and O–H groups in total. The largest absolute Gasteiger partial charge is 0.352 e. The van der Waals surface area contributed by atoms with E-state index in [1.807, 2.05) is 42.0 Å². The van der Waals surface area contributed by atoms with Crippen molar-refractivity contribution in [2.75, 3.05) is 44.0 Å². The fraction of sp³-hybridized carbons (Fsp3) is 0.550. The molecule has 0 spiro atoms. The number of rotatable bonds is 6. The third kappa shape index (κ3) is 3.39. The molecule has 2 aliphatic rings. The maximum absolute atomic E-state index is 4.84. The Bertz CT molecular complexity index is 987. The van der Waals surface area contributed by atoms with Crippen LogP contribution in [0, 0.1) is 0 Å². The molecule has 0 unspecified atom stereocenters. The van der Waals surface area contributed by atoms with Crippen molar-refractivity contribution in [3.63, 3.8) is 0 Å². The van der Waals surface area contributed by atoms with E-state index in [2.05, 4.69) is 43.1 Å².